The number of nitrogens with one attached hydrogen (secondary N) is 1. The largest absolute Gasteiger partial charge is 0.496 e. The zero-order valence-corrected chi connectivity index (χ0v) is 21.4. The Hall–Kier alpha value is -3.61. The summed E-state index contributed by atoms with van der Waals surface area (Å²) in [7, 11) is 1.50. The minimum absolute atomic E-state index is 0. The van der Waals surface area contributed by atoms with Crippen molar-refractivity contribution in [1.82, 2.24) is 5.32 Å². The molecular formula is C30H29ClFNO4. The van der Waals surface area contributed by atoms with Crippen LogP contribution in [0.2, 0.25) is 0 Å². The van der Waals surface area contributed by atoms with Crippen molar-refractivity contribution in [3.8, 4) is 11.5 Å². The number of ether oxygens (including phenoxy) is 2. The van der Waals surface area contributed by atoms with E-state index < -0.39 is 5.97 Å². The summed E-state index contributed by atoms with van der Waals surface area (Å²) in [5.74, 6) is -0.174. The Morgan fingerprint density at radius 3 is 2.49 bits per heavy atom. The lowest BCUT2D eigenvalue weighted by atomic mass is 9.83. The van der Waals surface area contributed by atoms with Crippen molar-refractivity contribution in [2.24, 2.45) is 0 Å². The third kappa shape index (κ3) is 5.13. The number of fused-ring (bicyclic) bond motifs is 2. The van der Waals surface area contributed by atoms with Gasteiger partial charge in [-0.25, -0.2) is 9.18 Å². The first-order chi connectivity index (χ1) is 17.5. The number of benzene rings is 4. The van der Waals surface area contributed by atoms with Gasteiger partial charge in [-0.05, 0) is 42.5 Å². The normalized spacial score (nSPS) is 17.3. The monoisotopic (exact) mass is 521 g/mol. The summed E-state index contributed by atoms with van der Waals surface area (Å²) in [6, 6.07) is 23.9. The van der Waals surface area contributed by atoms with Gasteiger partial charge < -0.3 is 19.9 Å². The molecule has 37 heavy (non-hydrogen) atoms. The van der Waals surface area contributed by atoms with E-state index >= 15 is 0 Å². The molecule has 5 rings (SSSR count). The lowest BCUT2D eigenvalue weighted by Gasteiger charge is -2.34. The molecule has 0 spiro atoms. The topological polar surface area (TPSA) is 67.8 Å². The Morgan fingerprint density at radius 1 is 1.03 bits per heavy atom. The zero-order valence-electron chi connectivity index (χ0n) is 20.6. The second-order valence-corrected chi connectivity index (χ2v) is 9.11. The molecule has 192 valence electrons. The van der Waals surface area contributed by atoms with Crippen LogP contribution in [-0.2, 0) is 0 Å². The van der Waals surface area contributed by atoms with Gasteiger partial charge in [-0.1, -0.05) is 60.7 Å². The van der Waals surface area contributed by atoms with E-state index in [-0.39, 0.29) is 41.9 Å². The molecule has 1 heterocycles. The molecule has 3 atom stereocenters. The molecule has 0 fully saturated rings. The molecule has 2 N–H and O–H groups in total. The molecule has 0 aromatic heterocycles. The van der Waals surface area contributed by atoms with E-state index in [0.717, 1.165) is 27.8 Å². The Bertz CT molecular complexity index is 1430. The second-order valence-electron chi connectivity index (χ2n) is 9.11. The summed E-state index contributed by atoms with van der Waals surface area (Å²) in [5, 5.41) is 14.7. The molecule has 0 bridgehead atoms. The standard InChI is InChI=1S/C30H28FNO4.ClH/c1-18(20-14-15-27(31)22-9-4-3-8-21(20)22)32-17-19-16-26(23-10-5-6-13-28(23)36-19)24-11-7-12-25(30(33)34)29(24)35-2;/h3-15,18-19,26,32H,16-17H2,1-2H3,(H,33,34);1H/t18?,19-,26-;/m1./s1. The minimum atomic E-state index is -1.02. The first-order valence-electron chi connectivity index (χ1n) is 12.0. The summed E-state index contributed by atoms with van der Waals surface area (Å²) >= 11 is 0. The number of aromatic carboxylic acids is 1. The van der Waals surface area contributed by atoms with Crippen molar-refractivity contribution in [1.29, 1.82) is 0 Å². The van der Waals surface area contributed by atoms with Crippen LogP contribution in [0.15, 0.2) is 78.9 Å². The van der Waals surface area contributed by atoms with E-state index in [1.807, 2.05) is 54.6 Å². The van der Waals surface area contributed by atoms with Crippen LogP contribution in [0.3, 0.4) is 0 Å². The maximum Gasteiger partial charge on any atom is 0.339 e. The highest BCUT2D eigenvalue weighted by atomic mass is 35.5. The highest BCUT2D eigenvalue weighted by Crippen LogP contribution is 2.44. The SMILES string of the molecule is COc1c(C(=O)O)cccc1[C@@H]1C[C@H](CNC(C)c2ccc(F)c3ccccc23)Oc2ccccc21.Cl. The van der Waals surface area contributed by atoms with Gasteiger partial charge >= 0.3 is 5.97 Å². The fourth-order valence-corrected chi connectivity index (χ4v) is 5.22. The summed E-state index contributed by atoms with van der Waals surface area (Å²) < 4.78 is 26.2. The Morgan fingerprint density at radius 2 is 1.73 bits per heavy atom. The van der Waals surface area contributed by atoms with Gasteiger partial charge in [-0.3, -0.25) is 0 Å². The van der Waals surface area contributed by atoms with Gasteiger partial charge in [0.25, 0.3) is 0 Å². The number of para-hydroxylation sites is 2. The Balaban J connectivity index is 0.00000320. The van der Waals surface area contributed by atoms with Crippen molar-refractivity contribution in [3.63, 3.8) is 0 Å². The number of hydrogen-bond donors (Lipinski definition) is 2. The van der Waals surface area contributed by atoms with Gasteiger partial charge in [0.05, 0.1) is 7.11 Å². The van der Waals surface area contributed by atoms with E-state index in [9.17, 15) is 14.3 Å². The van der Waals surface area contributed by atoms with Gasteiger partial charge in [0.2, 0.25) is 0 Å². The predicted octanol–water partition coefficient (Wildman–Crippen LogP) is 6.74. The molecule has 4 aromatic rings. The molecule has 4 aromatic carbocycles. The first kappa shape index (κ1) is 26.5. The van der Waals surface area contributed by atoms with E-state index in [0.29, 0.717) is 24.1 Å². The van der Waals surface area contributed by atoms with Crippen LogP contribution in [0, 0.1) is 5.82 Å². The van der Waals surface area contributed by atoms with Gasteiger partial charge in [0.15, 0.2) is 0 Å². The van der Waals surface area contributed by atoms with Crippen molar-refractivity contribution in [2.75, 3.05) is 13.7 Å². The lowest BCUT2D eigenvalue weighted by molar-refractivity contribution is 0.0693. The quantitative estimate of drug-likeness (QED) is 0.282. The second kappa shape index (κ2) is 11.2. The molecule has 1 unspecified atom stereocenters. The van der Waals surface area contributed by atoms with E-state index in [4.69, 9.17) is 9.47 Å². The van der Waals surface area contributed by atoms with E-state index in [1.54, 1.807) is 18.2 Å². The number of rotatable bonds is 7. The Kier molecular flexibility index (Phi) is 8.00. The molecular weight excluding hydrogens is 493 g/mol. The van der Waals surface area contributed by atoms with Crippen molar-refractivity contribution in [2.45, 2.75) is 31.4 Å². The minimum Gasteiger partial charge on any atom is -0.496 e. The highest BCUT2D eigenvalue weighted by Gasteiger charge is 2.32. The molecule has 1 aliphatic heterocycles. The number of hydrogen-bond acceptors (Lipinski definition) is 4. The van der Waals surface area contributed by atoms with Crippen molar-refractivity contribution >= 4 is 29.1 Å². The van der Waals surface area contributed by atoms with Crippen LogP contribution in [0.4, 0.5) is 4.39 Å². The molecule has 0 saturated carbocycles. The molecule has 5 nitrogen and oxygen atoms in total. The third-order valence-electron chi connectivity index (χ3n) is 6.96. The van der Waals surface area contributed by atoms with Gasteiger partial charge in [-0.15, -0.1) is 12.4 Å². The van der Waals surface area contributed by atoms with Gasteiger partial charge in [0, 0.05) is 35.0 Å². The van der Waals surface area contributed by atoms with Gasteiger partial charge in [-0.2, -0.15) is 0 Å². The van der Waals surface area contributed by atoms with Crippen molar-refractivity contribution in [3.05, 3.63) is 107 Å². The van der Waals surface area contributed by atoms with Crippen LogP contribution in [0.1, 0.15) is 52.4 Å². The molecule has 0 saturated heterocycles. The smallest absolute Gasteiger partial charge is 0.339 e. The fraction of sp³-hybridized carbons (Fsp3) is 0.233. The number of halogens is 2. The highest BCUT2D eigenvalue weighted by molar-refractivity contribution is 5.91. The number of carboxylic acid groups (broad SMARTS) is 1. The van der Waals surface area contributed by atoms with E-state index in [2.05, 4.69) is 12.2 Å². The average Bonchev–Trinajstić information content (AvgIpc) is 2.91. The summed E-state index contributed by atoms with van der Waals surface area (Å²) in [6.07, 6.45) is 0.498. The lowest BCUT2D eigenvalue weighted by Crippen LogP contribution is -2.37. The summed E-state index contributed by atoms with van der Waals surface area (Å²) in [4.78, 5) is 11.8. The maximum atomic E-state index is 14.3. The summed E-state index contributed by atoms with van der Waals surface area (Å²) in [6.45, 7) is 2.63. The molecule has 7 heteroatoms. The number of methoxy groups -OCH3 is 1. The van der Waals surface area contributed by atoms with Crippen LogP contribution in [0.25, 0.3) is 10.8 Å². The van der Waals surface area contributed by atoms with Crippen LogP contribution < -0.4 is 14.8 Å². The maximum absolute atomic E-state index is 14.3. The van der Waals surface area contributed by atoms with Gasteiger partial charge in [0.1, 0.15) is 29.0 Å². The zero-order chi connectivity index (χ0) is 25.2. The average molecular weight is 522 g/mol. The molecule has 0 radical (unpaired) electrons. The Labute approximate surface area is 221 Å². The molecule has 0 amide bonds. The van der Waals surface area contributed by atoms with Crippen molar-refractivity contribution < 1.29 is 23.8 Å². The number of carboxylic acids is 1. The first-order valence-corrected chi connectivity index (χ1v) is 12.0. The third-order valence-corrected chi connectivity index (χ3v) is 6.96. The number of carbonyl (C=O) groups is 1. The molecule has 1 aliphatic rings. The fourth-order valence-electron chi connectivity index (χ4n) is 5.22. The predicted molar refractivity (Wildman–Crippen MR) is 145 cm³/mol. The molecule has 0 aliphatic carbocycles. The van der Waals surface area contributed by atoms with Crippen LogP contribution in [-0.4, -0.2) is 30.8 Å². The van der Waals surface area contributed by atoms with E-state index in [1.165, 1.54) is 13.2 Å². The van der Waals surface area contributed by atoms with Crippen LogP contribution >= 0.6 is 12.4 Å². The van der Waals surface area contributed by atoms with Crippen LogP contribution in [0.5, 0.6) is 11.5 Å². The summed E-state index contributed by atoms with van der Waals surface area (Å²) in [5.41, 5.74) is 3.00.